The Balaban J connectivity index is 1.97. The molecule has 0 saturated carbocycles. The largest absolute Gasteiger partial charge is 0.329 e. The zero-order valence-corrected chi connectivity index (χ0v) is 11.7. The summed E-state index contributed by atoms with van der Waals surface area (Å²) in [5, 5.41) is 0.340. The van der Waals surface area contributed by atoms with Crippen LogP contribution in [0.5, 0.6) is 0 Å². The fraction of sp³-hybridized carbons (Fsp3) is 0.231. The third kappa shape index (κ3) is 3.75. The summed E-state index contributed by atoms with van der Waals surface area (Å²) in [4.78, 5) is 1.26. The normalized spacial score (nSPS) is 12.6. The molecular weight excluding hydrogens is 270 g/mol. The Morgan fingerprint density at radius 1 is 1.18 bits per heavy atom. The van der Waals surface area contributed by atoms with Crippen LogP contribution in [-0.4, -0.2) is 6.54 Å². The van der Waals surface area contributed by atoms with Crippen LogP contribution in [0.1, 0.15) is 15.7 Å². The Morgan fingerprint density at radius 2 is 1.94 bits per heavy atom. The van der Waals surface area contributed by atoms with Crippen molar-refractivity contribution in [3.63, 3.8) is 0 Å². The van der Waals surface area contributed by atoms with Gasteiger partial charge in [0.15, 0.2) is 0 Å². The molecule has 0 aliphatic rings. The number of benzene rings is 1. The Labute approximate surface area is 115 Å². The number of thiophene rings is 1. The van der Waals surface area contributed by atoms with Crippen molar-refractivity contribution < 1.29 is 0 Å². The van der Waals surface area contributed by atoms with E-state index in [4.69, 9.17) is 17.3 Å². The third-order valence-corrected chi connectivity index (χ3v) is 5.26. The molecule has 1 unspecified atom stereocenters. The molecule has 1 heterocycles. The molecule has 0 saturated heterocycles. The predicted octanol–water partition coefficient (Wildman–Crippen LogP) is 4.33. The Morgan fingerprint density at radius 3 is 2.53 bits per heavy atom. The van der Waals surface area contributed by atoms with Crippen molar-refractivity contribution in [3.05, 3.63) is 57.2 Å². The molecule has 2 N–H and O–H groups in total. The third-order valence-electron chi connectivity index (χ3n) is 2.42. The summed E-state index contributed by atoms with van der Waals surface area (Å²) in [6.45, 7) is 0.647. The lowest BCUT2D eigenvalue weighted by molar-refractivity contribution is 0.960. The number of rotatable bonds is 5. The van der Waals surface area contributed by atoms with Crippen LogP contribution in [0, 0.1) is 0 Å². The number of halogens is 1. The zero-order chi connectivity index (χ0) is 12.1. The minimum Gasteiger partial charge on any atom is -0.329 e. The number of hydrogen-bond acceptors (Lipinski definition) is 3. The van der Waals surface area contributed by atoms with Gasteiger partial charge in [-0.25, -0.2) is 0 Å². The second kappa shape index (κ2) is 6.45. The first-order valence-electron chi connectivity index (χ1n) is 5.40. The van der Waals surface area contributed by atoms with Crippen molar-refractivity contribution in [1.82, 2.24) is 0 Å². The van der Waals surface area contributed by atoms with Crippen LogP contribution >= 0.6 is 34.7 Å². The fourth-order valence-electron chi connectivity index (χ4n) is 1.54. The average molecular weight is 284 g/mol. The summed E-state index contributed by atoms with van der Waals surface area (Å²) in [7, 11) is 0. The van der Waals surface area contributed by atoms with Gasteiger partial charge < -0.3 is 5.73 Å². The molecule has 0 amide bonds. The maximum absolute atomic E-state index is 5.95. The molecule has 17 heavy (non-hydrogen) atoms. The van der Waals surface area contributed by atoms with Gasteiger partial charge in [-0.05, 0) is 17.7 Å². The molecule has 0 aliphatic carbocycles. The highest BCUT2D eigenvalue weighted by molar-refractivity contribution is 7.98. The van der Waals surface area contributed by atoms with Crippen molar-refractivity contribution in [3.8, 4) is 0 Å². The van der Waals surface area contributed by atoms with Gasteiger partial charge in [-0.2, -0.15) is 0 Å². The van der Waals surface area contributed by atoms with E-state index in [-0.39, 0.29) is 0 Å². The van der Waals surface area contributed by atoms with Crippen molar-refractivity contribution in [2.75, 3.05) is 6.54 Å². The molecule has 0 spiro atoms. The maximum Gasteiger partial charge on any atom is 0.0931 e. The van der Waals surface area contributed by atoms with E-state index in [1.54, 1.807) is 11.3 Å². The fourth-order valence-corrected chi connectivity index (χ4v) is 3.91. The lowest BCUT2D eigenvalue weighted by Crippen LogP contribution is -2.08. The van der Waals surface area contributed by atoms with E-state index in [1.165, 1.54) is 10.4 Å². The van der Waals surface area contributed by atoms with Gasteiger partial charge in [-0.1, -0.05) is 41.9 Å². The van der Waals surface area contributed by atoms with E-state index in [0.29, 0.717) is 11.8 Å². The van der Waals surface area contributed by atoms with E-state index < -0.39 is 0 Å². The van der Waals surface area contributed by atoms with E-state index in [9.17, 15) is 0 Å². The van der Waals surface area contributed by atoms with Crippen LogP contribution < -0.4 is 5.73 Å². The molecular formula is C13H14ClNS2. The smallest absolute Gasteiger partial charge is 0.0931 e. The topological polar surface area (TPSA) is 26.0 Å². The van der Waals surface area contributed by atoms with Crippen LogP contribution in [0.3, 0.4) is 0 Å². The van der Waals surface area contributed by atoms with Crippen LogP contribution in [-0.2, 0) is 5.75 Å². The van der Waals surface area contributed by atoms with Crippen molar-refractivity contribution in [2.45, 2.75) is 11.0 Å². The summed E-state index contributed by atoms with van der Waals surface area (Å²) in [5.74, 6) is 0.984. The monoisotopic (exact) mass is 283 g/mol. The number of thioether (sulfide) groups is 1. The van der Waals surface area contributed by atoms with Crippen LogP contribution in [0.15, 0.2) is 42.5 Å². The second-order valence-electron chi connectivity index (χ2n) is 3.66. The molecule has 0 fully saturated rings. The molecule has 0 aliphatic heterocycles. The van der Waals surface area contributed by atoms with E-state index in [1.807, 2.05) is 23.9 Å². The minimum atomic E-state index is 0.340. The SMILES string of the molecule is NCC(SCc1ccccc1)c1ccc(Cl)s1. The van der Waals surface area contributed by atoms with Gasteiger partial charge >= 0.3 is 0 Å². The average Bonchev–Trinajstić information content (AvgIpc) is 2.78. The molecule has 90 valence electrons. The van der Waals surface area contributed by atoms with Gasteiger partial charge in [0.25, 0.3) is 0 Å². The Hall–Kier alpha value is -0.480. The molecule has 4 heteroatoms. The standard InChI is InChI=1S/C13H14ClNS2/c14-13-7-6-11(17-13)12(8-15)16-9-10-4-2-1-3-5-10/h1-7,12H,8-9,15H2. The summed E-state index contributed by atoms with van der Waals surface area (Å²) in [5.41, 5.74) is 7.15. The summed E-state index contributed by atoms with van der Waals surface area (Å²) in [6, 6.07) is 14.5. The van der Waals surface area contributed by atoms with E-state index in [0.717, 1.165) is 10.1 Å². The highest BCUT2D eigenvalue weighted by Crippen LogP contribution is 2.36. The molecule has 2 rings (SSSR count). The first kappa shape index (κ1) is 13.0. The Bertz CT molecular complexity index is 455. The highest BCUT2D eigenvalue weighted by Gasteiger charge is 2.12. The predicted molar refractivity (Wildman–Crippen MR) is 78.9 cm³/mol. The van der Waals surface area contributed by atoms with Crippen molar-refractivity contribution >= 4 is 34.7 Å². The van der Waals surface area contributed by atoms with Crippen LogP contribution in [0.25, 0.3) is 0 Å². The van der Waals surface area contributed by atoms with Gasteiger partial charge in [0, 0.05) is 17.2 Å². The highest BCUT2D eigenvalue weighted by atomic mass is 35.5. The molecule has 1 atom stereocenters. The van der Waals surface area contributed by atoms with Gasteiger partial charge in [-0.15, -0.1) is 23.1 Å². The number of nitrogens with two attached hydrogens (primary N) is 1. The molecule has 0 radical (unpaired) electrons. The van der Waals surface area contributed by atoms with Crippen molar-refractivity contribution in [1.29, 1.82) is 0 Å². The van der Waals surface area contributed by atoms with Gasteiger partial charge in [0.1, 0.15) is 0 Å². The second-order valence-corrected chi connectivity index (χ2v) is 6.60. The molecule has 1 aromatic heterocycles. The first-order valence-corrected chi connectivity index (χ1v) is 7.64. The van der Waals surface area contributed by atoms with E-state index in [2.05, 4.69) is 30.3 Å². The van der Waals surface area contributed by atoms with E-state index >= 15 is 0 Å². The molecule has 2 aromatic rings. The summed E-state index contributed by atoms with van der Waals surface area (Å²) in [6.07, 6.45) is 0. The van der Waals surface area contributed by atoms with Crippen LogP contribution in [0.2, 0.25) is 4.34 Å². The van der Waals surface area contributed by atoms with Crippen LogP contribution in [0.4, 0.5) is 0 Å². The lowest BCUT2D eigenvalue weighted by Gasteiger charge is -2.12. The molecule has 1 aromatic carbocycles. The van der Waals surface area contributed by atoms with Gasteiger partial charge in [0.05, 0.1) is 9.59 Å². The quantitative estimate of drug-likeness (QED) is 0.884. The minimum absolute atomic E-state index is 0.340. The molecule has 1 nitrogen and oxygen atoms in total. The molecule has 0 bridgehead atoms. The number of hydrogen-bond donors (Lipinski definition) is 1. The summed E-state index contributed by atoms with van der Waals surface area (Å²) < 4.78 is 0.832. The summed E-state index contributed by atoms with van der Waals surface area (Å²) >= 11 is 9.44. The Kier molecular flexibility index (Phi) is 4.92. The van der Waals surface area contributed by atoms with Gasteiger partial charge in [-0.3, -0.25) is 0 Å². The lowest BCUT2D eigenvalue weighted by atomic mass is 10.2. The van der Waals surface area contributed by atoms with Gasteiger partial charge in [0.2, 0.25) is 0 Å². The maximum atomic E-state index is 5.95. The first-order chi connectivity index (χ1) is 8.29. The zero-order valence-electron chi connectivity index (χ0n) is 9.30. The van der Waals surface area contributed by atoms with Crippen molar-refractivity contribution in [2.24, 2.45) is 5.73 Å².